The lowest BCUT2D eigenvalue weighted by molar-refractivity contribution is -0.121. The highest BCUT2D eigenvalue weighted by molar-refractivity contribution is 6.31. The molecule has 4 nitrogen and oxygen atoms in total. The monoisotopic (exact) mass is 415 g/mol. The molecule has 0 aliphatic rings. The van der Waals surface area contributed by atoms with Crippen molar-refractivity contribution in [3.63, 3.8) is 0 Å². The highest BCUT2D eigenvalue weighted by atomic mass is 35.5. The number of hydrogen-bond donors (Lipinski definition) is 2. The van der Waals surface area contributed by atoms with Gasteiger partial charge in [0.25, 0.3) is 0 Å². The molecule has 3 aromatic carbocycles. The largest absolute Gasteiger partial charge is 0.383 e. The van der Waals surface area contributed by atoms with Gasteiger partial charge >= 0.3 is 0 Å². The summed E-state index contributed by atoms with van der Waals surface area (Å²) in [7, 11) is 0. The van der Waals surface area contributed by atoms with Crippen LogP contribution in [0.3, 0.4) is 0 Å². The number of carbonyl (C=O) groups excluding carboxylic acids is 1. The second-order valence-corrected chi connectivity index (χ2v) is 7.43. The fourth-order valence-electron chi connectivity index (χ4n) is 3.55. The topological polar surface area (TPSA) is 54.0 Å². The molecule has 0 fully saturated rings. The summed E-state index contributed by atoms with van der Waals surface area (Å²) in [5.74, 6) is -0.350. The van der Waals surface area contributed by atoms with E-state index in [0.717, 1.165) is 27.7 Å². The van der Waals surface area contributed by atoms with Gasteiger partial charge in [0, 0.05) is 35.4 Å². The molecule has 0 aliphatic carbocycles. The van der Waals surface area contributed by atoms with Gasteiger partial charge in [0.15, 0.2) is 0 Å². The third kappa shape index (κ3) is 4.61. The molecule has 4 aromatic rings. The van der Waals surface area contributed by atoms with Crippen LogP contribution < -0.4 is 10.6 Å². The van der Waals surface area contributed by atoms with E-state index in [1.807, 2.05) is 84.9 Å². The molecule has 0 saturated carbocycles. The van der Waals surface area contributed by atoms with Gasteiger partial charge in [0.1, 0.15) is 0 Å². The molecule has 150 valence electrons. The lowest BCUT2D eigenvalue weighted by Crippen LogP contribution is -2.33. The van der Waals surface area contributed by atoms with Crippen molar-refractivity contribution in [1.82, 2.24) is 10.3 Å². The van der Waals surface area contributed by atoms with Crippen LogP contribution in [0.15, 0.2) is 91.1 Å². The van der Waals surface area contributed by atoms with E-state index in [0.29, 0.717) is 18.1 Å². The summed E-state index contributed by atoms with van der Waals surface area (Å²) in [6.07, 6.45) is 1.75. The number of amides is 1. The van der Waals surface area contributed by atoms with Crippen molar-refractivity contribution in [1.29, 1.82) is 0 Å². The van der Waals surface area contributed by atoms with Gasteiger partial charge in [-0.1, -0.05) is 72.3 Å². The first-order chi connectivity index (χ1) is 14.7. The van der Waals surface area contributed by atoms with Gasteiger partial charge in [-0.15, -0.1) is 0 Å². The first-order valence-corrected chi connectivity index (χ1v) is 10.3. The van der Waals surface area contributed by atoms with E-state index in [-0.39, 0.29) is 11.8 Å². The van der Waals surface area contributed by atoms with Crippen molar-refractivity contribution in [3.8, 4) is 0 Å². The summed E-state index contributed by atoms with van der Waals surface area (Å²) in [4.78, 5) is 17.4. The average Bonchev–Trinajstić information content (AvgIpc) is 2.78. The van der Waals surface area contributed by atoms with Crippen LogP contribution in [0.1, 0.15) is 17.0 Å². The zero-order valence-electron chi connectivity index (χ0n) is 16.4. The van der Waals surface area contributed by atoms with Gasteiger partial charge in [-0.05, 0) is 35.4 Å². The summed E-state index contributed by atoms with van der Waals surface area (Å²) < 4.78 is 0. The minimum atomic E-state index is -0.337. The molecule has 1 aromatic heterocycles. The summed E-state index contributed by atoms with van der Waals surface area (Å²) in [5, 5.41) is 8.11. The van der Waals surface area contributed by atoms with E-state index in [1.165, 1.54) is 0 Å². The zero-order chi connectivity index (χ0) is 20.8. The Kier molecular flexibility index (Phi) is 6.26. The lowest BCUT2D eigenvalue weighted by atomic mass is 9.90. The number of anilines is 1. The van der Waals surface area contributed by atoms with E-state index in [2.05, 4.69) is 15.6 Å². The van der Waals surface area contributed by atoms with Gasteiger partial charge in [0.2, 0.25) is 5.91 Å². The maximum absolute atomic E-state index is 13.0. The second-order valence-electron chi connectivity index (χ2n) is 6.99. The number of carbonyl (C=O) groups is 1. The van der Waals surface area contributed by atoms with Crippen LogP contribution in [0, 0.1) is 0 Å². The third-order valence-electron chi connectivity index (χ3n) is 4.97. The zero-order valence-corrected chi connectivity index (χ0v) is 17.1. The lowest BCUT2D eigenvalue weighted by Gasteiger charge is -2.18. The fraction of sp³-hybridized carbons (Fsp3) is 0.120. The minimum absolute atomic E-state index is 0.0134. The van der Waals surface area contributed by atoms with Gasteiger partial charge in [-0.25, -0.2) is 0 Å². The normalized spacial score (nSPS) is 10.9. The molecule has 1 heterocycles. The quantitative estimate of drug-likeness (QED) is 0.405. The van der Waals surface area contributed by atoms with Crippen molar-refractivity contribution >= 4 is 34.1 Å². The Morgan fingerprint density at radius 2 is 1.53 bits per heavy atom. The molecular weight excluding hydrogens is 394 g/mol. The number of fused-ring (bicyclic) bond motifs is 1. The Morgan fingerprint density at radius 1 is 0.867 bits per heavy atom. The number of pyridine rings is 1. The van der Waals surface area contributed by atoms with Gasteiger partial charge < -0.3 is 10.6 Å². The van der Waals surface area contributed by atoms with E-state index < -0.39 is 0 Å². The van der Waals surface area contributed by atoms with Crippen molar-refractivity contribution in [3.05, 3.63) is 107 Å². The predicted octanol–water partition coefficient (Wildman–Crippen LogP) is 5.25. The van der Waals surface area contributed by atoms with Crippen LogP contribution in [0.2, 0.25) is 5.02 Å². The maximum atomic E-state index is 13.0. The molecular formula is C25H22ClN3O. The van der Waals surface area contributed by atoms with Gasteiger partial charge in [0.05, 0.1) is 11.4 Å². The number of aromatic nitrogens is 1. The smallest absolute Gasteiger partial charge is 0.232 e. The summed E-state index contributed by atoms with van der Waals surface area (Å²) in [6, 6.07) is 27.3. The van der Waals surface area contributed by atoms with Crippen molar-refractivity contribution < 1.29 is 4.79 Å². The predicted molar refractivity (Wildman–Crippen MR) is 123 cm³/mol. The average molecular weight is 416 g/mol. The molecule has 0 unspecified atom stereocenters. The van der Waals surface area contributed by atoms with E-state index in [1.54, 1.807) is 6.20 Å². The summed E-state index contributed by atoms with van der Waals surface area (Å²) >= 11 is 6.06. The SMILES string of the molecule is O=C(NCCNc1ccnc2cc(Cl)ccc12)C(c1ccccc1)c1ccccc1. The molecule has 0 aliphatic heterocycles. The number of benzene rings is 3. The van der Waals surface area contributed by atoms with Gasteiger partial charge in [-0.2, -0.15) is 0 Å². The number of nitrogens with zero attached hydrogens (tertiary/aromatic N) is 1. The Hall–Kier alpha value is -3.37. The molecule has 30 heavy (non-hydrogen) atoms. The van der Waals surface area contributed by atoms with Crippen LogP contribution in [0.4, 0.5) is 5.69 Å². The molecule has 0 saturated heterocycles. The number of nitrogens with one attached hydrogen (secondary N) is 2. The van der Waals surface area contributed by atoms with Crippen LogP contribution >= 0.6 is 11.6 Å². The van der Waals surface area contributed by atoms with E-state index >= 15 is 0 Å². The van der Waals surface area contributed by atoms with Crippen LogP contribution in [-0.4, -0.2) is 24.0 Å². The van der Waals surface area contributed by atoms with Crippen LogP contribution in [0.25, 0.3) is 10.9 Å². The first-order valence-electron chi connectivity index (χ1n) is 9.88. The van der Waals surface area contributed by atoms with Crippen molar-refractivity contribution in [2.24, 2.45) is 0 Å². The van der Waals surface area contributed by atoms with Crippen LogP contribution in [0.5, 0.6) is 0 Å². The highest BCUT2D eigenvalue weighted by Crippen LogP contribution is 2.25. The molecule has 0 radical (unpaired) electrons. The third-order valence-corrected chi connectivity index (χ3v) is 5.21. The number of hydrogen-bond acceptors (Lipinski definition) is 3. The Bertz CT molecular complexity index is 1090. The van der Waals surface area contributed by atoms with E-state index in [4.69, 9.17) is 11.6 Å². The summed E-state index contributed by atoms with van der Waals surface area (Å²) in [6.45, 7) is 1.11. The summed E-state index contributed by atoms with van der Waals surface area (Å²) in [5.41, 5.74) is 3.76. The highest BCUT2D eigenvalue weighted by Gasteiger charge is 2.21. The molecule has 0 spiro atoms. The molecule has 0 bridgehead atoms. The van der Waals surface area contributed by atoms with Gasteiger partial charge in [-0.3, -0.25) is 9.78 Å². The standard InChI is InChI=1S/C25H22ClN3O/c26-20-11-12-21-22(13-14-27-23(21)17-20)28-15-16-29-25(30)24(18-7-3-1-4-8-18)19-9-5-2-6-10-19/h1-14,17,24H,15-16H2,(H,27,28)(H,29,30). The number of rotatable bonds is 7. The molecule has 4 rings (SSSR count). The second kappa shape index (κ2) is 9.42. The van der Waals surface area contributed by atoms with Crippen molar-refractivity contribution in [2.45, 2.75) is 5.92 Å². The number of halogens is 1. The maximum Gasteiger partial charge on any atom is 0.232 e. The Balaban J connectivity index is 1.42. The molecule has 5 heteroatoms. The van der Waals surface area contributed by atoms with Crippen molar-refractivity contribution in [2.75, 3.05) is 18.4 Å². The van der Waals surface area contributed by atoms with Crippen LogP contribution in [-0.2, 0) is 4.79 Å². The minimum Gasteiger partial charge on any atom is -0.383 e. The fourth-order valence-corrected chi connectivity index (χ4v) is 3.71. The molecule has 1 amide bonds. The Labute approximate surface area is 180 Å². The molecule has 2 N–H and O–H groups in total. The first kappa shape index (κ1) is 19.9. The molecule has 0 atom stereocenters. The Morgan fingerprint density at radius 3 is 2.20 bits per heavy atom. The van der Waals surface area contributed by atoms with E-state index in [9.17, 15) is 4.79 Å².